The van der Waals surface area contributed by atoms with Gasteiger partial charge >= 0.3 is 0 Å². The largest absolute Gasteiger partial charge is 0.338 e. The summed E-state index contributed by atoms with van der Waals surface area (Å²) in [5, 5.41) is 22.7. The molecule has 1 heterocycles. The van der Waals surface area contributed by atoms with E-state index in [-0.39, 0.29) is 5.91 Å². The van der Waals surface area contributed by atoms with E-state index in [4.69, 9.17) is 5.26 Å². The van der Waals surface area contributed by atoms with Gasteiger partial charge in [0.05, 0.1) is 11.3 Å². The molecule has 22 heavy (non-hydrogen) atoms. The van der Waals surface area contributed by atoms with Crippen LogP contribution in [0.5, 0.6) is 0 Å². The van der Waals surface area contributed by atoms with E-state index in [2.05, 4.69) is 26.9 Å². The summed E-state index contributed by atoms with van der Waals surface area (Å²) in [5.74, 6) is 0.862. The Morgan fingerprint density at radius 2 is 1.91 bits per heavy atom. The molecule has 0 fully saturated rings. The quantitative estimate of drug-likeness (QED) is 0.853. The van der Waals surface area contributed by atoms with Crippen LogP contribution in [0.1, 0.15) is 31.7 Å². The molecule has 2 aromatic rings. The van der Waals surface area contributed by atoms with Crippen molar-refractivity contribution < 1.29 is 4.79 Å². The van der Waals surface area contributed by atoms with Crippen molar-refractivity contribution in [1.82, 2.24) is 10.2 Å². The molecule has 1 aromatic heterocycles. The van der Waals surface area contributed by atoms with E-state index in [1.54, 1.807) is 30.3 Å². The molecule has 0 aliphatic rings. The maximum Gasteiger partial charge on any atom is 0.225 e. The van der Waals surface area contributed by atoms with E-state index in [1.165, 1.54) is 0 Å². The van der Waals surface area contributed by atoms with E-state index in [0.29, 0.717) is 29.3 Å². The first-order chi connectivity index (χ1) is 10.7. The molecule has 0 saturated heterocycles. The number of carbonyl (C=O) groups is 1. The van der Waals surface area contributed by atoms with Crippen molar-refractivity contribution in [3.05, 3.63) is 42.0 Å². The second kappa shape index (κ2) is 7.74. The van der Waals surface area contributed by atoms with Gasteiger partial charge < -0.3 is 10.6 Å². The molecule has 6 nitrogen and oxygen atoms in total. The number of unbranched alkanes of at least 4 members (excludes halogenated alkanes) is 1. The number of hydrogen-bond donors (Lipinski definition) is 2. The molecule has 0 unspecified atom stereocenters. The molecule has 0 aliphatic carbocycles. The van der Waals surface area contributed by atoms with Gasteiger partial charge in [-0.1, -0.05) is 25.5 Å². The van der Waals surface area contributed by atoms with Gasteiger partial charge in [-0.25, -0.2) is 0 Å². The predicted molar refractivity (Wildman–Crippen MR) is 84.6 cm³/mol. The standard InChI is InChI=1S/C16H17N5O/c1-2-3-8-16(22)19-15-10-9-14(20-21-15)18-13-7-5-4-6-12(13)11-17/h4-7,9-10H,2-3,8H2,1H3,(H,18,20)(H,19,21,22). The van der Waals surface area contributed by atoms with Gasteiger partial charge in [-0.15, -0.1) is 10.2 Å². The van der Waals surface area contributed by atoms with Crippen LogP contribution >= 0.6 is 0 Å². The maximum atomic E-state index is 11.6. The summed E-state index contributed by atoms with van der Waals surface area (Å²) in [6.07, 6.45) is 2.30. The zero-order chi connectivity index (χ0) is 15.8. The third-order valence-electron chi connectivity index (χ3n) is 3.00. The highest BCUT2D eigenvalue weighted by atomic mass is 16.1. The summed E-state index contributed by atoms with van der Waals surface area (Å²) in [7, 11) is 0. The van der Waals surface area contributed by atoms with Crippen LogP contribution in [0, 0.1) is 11.3 Å². The number of anilines is 3. The van der Waals surface area contributed by atoms with Crippen LogP contribution < -0.4 is 10.6 Å². The summed E-state index contributed by atoms with van der Waals surface area (Å²) >= 11 is 0. The maximum absolute atomic E-state index is 11.6. The number of aromatic nitrogens is 2. The van der Waals surface area contributed by atoms with E-state index < -0.39 is 0 Å². The predicted octanol–water partition coefficient (Wildman–Crippen LogP) is 3.22. The van der Waals surface area contributed by atoms with Gasteiger partial charge in [0.25, 0.3) is 0 Å². The highest BCUT2D eigenvalue weighted by Gasteiger charge is 2.05. The first kappa shape index (κ1) is 15.4. The molecule has 0 radical (unpaired) electrons. The lowest BCUT2D eigenvalue weighted by Gasteiger charge is -2.07. The molecule has 0 spiro atoms. The lowest BCUT2D eigenvalue weighted by Crippen LogP contribution is -2.12. The van der Waals surface area contributed by atoms with Crippen molar-refractivity contribution in [2.45, 2.75) is 26.2 Å². The smallest absolute Gasteiger partial charge is 0.225 e. The second-order valence-corrected chi connectivity index (χ2v) is 4.74. The monoisotopic (exact) mass is 295 g/mol. The number of hydrogen-bond acceptors (Lipinski definition) is 5. The Hall–Kier alpha value is -2.94. The number of amides is 1. The Kier molecular flexibility index (Phi) is 5.44. The summed E-state index contributed by atoms with van der Waals surface area (Å²) in [6, 6.07) is 12.6. The van der Waals surface area contributed by atoms with Gasteiger partial charge in [0.1, 0.15) is 6.07 Å². The number of para-hydroxylation sites is 1. The third kappa shape index (κ3) is 4.28. The van der Waals surface area contributed by atoms with Crippen LogP contribution in [0.15, 0.2) is 36.4 Å². The van der Waals surface area contributed by atoms with E-state index >= 15 is 0 Å². The van der Waals surface area contributed by atoms with Gasteiger partial charge in [-0.05, 0) is 30.7 Å². The average molecular weight is 295 g/mol. The van der Waals surface area contributed by atoms with Gasteiger partial charge in [-0.3, -0.25) is 4.79 Å². The molecule has 0 saturated carbocycles. The molecule has 1 amide bonds. The van der Waals surface area contributed by atoms with Crippen LogP contribution in [0.25, 0.3) is 0 Å². The van der Waals surface area contributed by atoms with Gasteiger partial charge in [-0.2, -0.15) is 5.26 Å². The molecule has 6 heteroatoms. The van der Waals surface area contributed by atoms with Crippen molar-refractivity contribution in [2.24, 2.45) is 0 Å². The minimum Gasteiger partial charge on any atom is -0.338 e. The number of benzene rings is 1. The van der Waals surface area contributed by atoms with E-state index in [9.17, 15) is 4.79 Å². The number of nitrogens with one attached hydrogen (secondary N) is 2. The molecule has 2 rings (SSSR count). The lowest BCUT2D eigenvalue weighted by atomic mass is 10.2. The van der Waals surface area contributed by atoms with Crippen LogP contribution in [-0.4, -0.2) is 16.1 Å². The van der Waals surface area contributed by atoms with Crippen molar-refractivity contribution in [3.8, 4) is 6.07 Å². The second-order valence-electron chi connectivity index (χ2n) is 4.74. The Bertz CT molecular complexity index is 676. The minimum atomic E-state index is -0.0633. The van der Waals surface area contributed by atoms with Crippen molar-refractivity contribution in [3.63, 3.8) is 0 Å². The van der Waals surface area contributed by atoms with E-state index in [1.807, 2.05) is 13.0 Å². The normalized spacial score (nSPS) is 9.82. The van der Waals surface area contributed by atoms with Crippen LogP contribution in [0.2, 0.25) is 0 Å². The third-order valence-corrected chi connectivity index (χ3v) is 3.00. The Balaban J connectivity index is 2.00. The molecule has 0 aliphatic heterocycles. The number of carbonyl (C=O) groups excluding carboxylic acids is 1. The number of nitriles is 1. The topological polar surface area (TPSA) is 90.7 Å². The highest BCUT2D eigenvalue weighted by molar-refractivity contribution is 5.89. The first-order valence-electron chi connectivity index (χ1n) is 7.12. The fraction of sp³-hybridized carbons (Fsp3) is 0.250. The first-order valence-corrected chi connectivity index (χ1v) is 7.12. The summed E-state index contributed by atoms with van der Waals surface area (Å²) in [4.78, 5) is 11.6. The van der Waals surface area contributed by atoms with Gasteiger partial charge in [0.15, 0.2) is 11.6 Å². The van der Waals surface area contributed by atoms with Crippen molar-refractivity contribution >= 4 is 23.2 Å². The fourth-order valence-electron chi connectivity index (χ4n) is 1.84. The zero-order valence-corrected chi connectivity index (χ0v) is 12.3. The lowest BCUT2D eigenvalue weighted by molar-refractivity contribution is -0.116. The van der Waals surface area contributed by atoms with Crippen LogP contribution in [0.3, 0.4) is 0 Å². The zero-order valence-electron chi connectivity index (χ0n) is 12.3. The van der Waals surface area contributed by atoms with Crippen LogP contribution in [0.4, 0.5) is 17.3 Å². The molecule has 1 aromatic carbocycles. The van der Waals surface area contributed by atoms with Crippen molar-refractivity contribution in [1.29, 1.82) is 5.26 Å². The Labute approximate surface area is 129 Å². The number of nitrogens with zero attached hydrogens (tertiary/aromatic N) is 3. The average Bonchev–Trinajstić information content (AvgIpc) is 2.55. The SMILES string of the molecule is CCCCC(=O)Nc1ccc(Nc2ccccc2C#N)nn1. The summed E-state index contributed by atoms with van der Waals surface area (Å²) < 4.78 is 0. The summed E-state index contributed by atoms with van der Waals surface area (Å²) in [5.41, 5.74) is 1.19. The number of rotatable bonds is 6. The van der Waals surface area contributed by atoms with Gasteiger partial charge in [0.2, 0.25) is 5.91 Å². The highest BCUT2D eigenvalue weighted by Crippen LogP contribution is 2.18. The molecular weight excluding hydrogens is 278 g/mol. The molecule has 0 bridgehead atoms. The molecule has 112 valence electrons. The van der Waals surface area contributed by atoms with Gasteiger partial charge in [0, 0.05) is 6.42 Å². The van der Waals surface area contributed by atoms with E-state index in [0.717, 1.165) is 12.8 Å². The Morgan fingerprint density at radius 1 is 1.18 bits per heavy atom. The minimum absolute atomic E-state index is 0.0633. The van der Waals surface area contributed by atoms with Crippen LogP contribution in [-0.2, 0) is 4.79 Å². The molecular formula is C16H17N5O. The summed E-state index contributed by atoms with van der Waals surface area (Å²) in [6.45, 7) is 2.03. The fourth-order valence-corrected chi connectivity index (χ4v) is 1.84. The Morgan fingerprint density at radius 3 is 2.59 bits per heavy atom. The van der Waals surface area contributed by atoms with Crippen molar-refractivity contribution in [2.75, 3.05) is 10.6 Å². The molecule has 0 atom stereocenters. The molecule has 2 N–H and O–H groups in total.